The Balaban J connectivity index is 2.08. The van der Waals surface area contributed by atoms with Crippen LogP contribution < -0.4 is 15.6 Å². The maximum atomic E-state index is 12.2. The van der Waals surface area contributed by atoms with E-state index in [-0.39, 0.29) is 23.3 Å². The lowest BCUT2D eigenvalue weighted by atomic mass is 10.2. The lowest BCUT2D eigenvalue weighted by Gasteiger charge is -2.15. The standard InChI is InChI=1S/C17H21N3O3S/c1-11(2)20-8-7-15(21)19-17(20)24-10-16(22)18-13-9-12(3)5-6-14(13)23-4/h5-9,11H,10H2,1-4H3,(H,18,22). The van der Waals surface area contributed by atoms with Crippen molar-refractivity contribution >= 4 is 23.4 Å². The Hall–Kier alpha value is -2.28. The van der Waals surface area contributed by atoms with Gasteiger partial charge in [-0.1, -0.05) is 17.8 Å². The predicted molar refractivity (Wildman–Crippen MR) is 96.0 cm³/mol. The van der Waals surface area contributed by atoms with Crippen LogP contribution in [-0.2, 0) is 4.79 Å². The number of hydrogen-bond donors (Lipinski definition) is 1. The average Bonchev–Trinajstić information content (AvgIpc) is 2.53. The number of nitrogens with zero attached hydrogens (tertiary/aromatic N) is 2. The molecule has 0 aliphatic carbocycles. The Morgan fingerprint density at radius 3 is 2.79 bits per heavy atom. The summed E-state index contributed by atoms with van der Waals surface area (Å²) >= 11 is 1.23. The van der Waals surface area contributed by atoms with Crippen LogP contribution in [0, 0.1) is 6.92 Å². The molecular formula is C17H21N3O3S. The summed E-state index contributed by atoms with van der Waals surface area (Å²) in [6.07, 6.45) is 1.70. The van der Waals surface area contributed by atoms with Gasteiger partial charge in [-0.25, -0.2) is 0 Å². The van der Waals surface area contributed by atoms with Gasteiger partial charge in [0, 0.05) is 18.3 Å². The van der Waals surface area contributed by atoms with Gasteiger partial charge in [0.1, 0.15) is 5.75 Å². The summed E-state index contributed by atoms with van der Waals surface area (Å²) in [7, 11) is 1.56. The molecule has 1 N–H and O–H groups in total. The van der Waals surface area contributed by atoms with E-state index in [1.54, 1.807) is 13.3 Å². The first-order valence-electron chi connectivity index (χ1n) is 7.57. The van der Waals surface area contributed by atoms with E-state index < -0.39 is 0 Å². The van der Waals surface area contributed by atoms with Gasteiger partial charge < -0.3 is 14.6 Å². The van der Waals surface area contributed by atoms with Crippen LogP contribution in [0.4, 0.5) is 5.69 Å². The molecular weight excluding hydrogens is 326 g/mol. The lowest BCUT2D eigenvalue weighted by molar-refractivity contribution is -0.113. The number of benzene rings is 1. The number of thioether (sulfide) groups is 1. The van der Waals surface area contributed by atoms with Gasteiger partial charge in [0.25, 0.3) is 5.56 Å². The second-order valence-electron chi connectivity index (χ2n) is 5.59. The Bertz CT molecular complexity index is 787. The molecule has 7 heteroatoms. The third kappa shape index (κ3) is 4.61. The molecule has 0 atom stereocenters. The molecule has 0 aliphatic heterocycles. The monoisotopic (exact) mass is 347 g/mol. The van der Waals surface area contributed by atoms with Gasteiger partial charge in [0.05, 0.1) is 18.6 Å². The number of hydrogen-bond acceptors (Lipinski definition) is 5. The van der Waals surface area contributed by atoms with Crippen LogP contribution in [0.25, 0.3) is 0 Å². The fourth-order valence-corrected chi connectivity index (χ4v) is 3.04. The summed E-state index contributed by atoms with van der Waals surface area (Å²) in [5.74, 6) is 0.577. The molecule has 0 aliphatic rings. The van der Waals surface area contributed by atoms with Gasteiger partial charge in [-0.15, -0.1) is 0 Å². The molecule has 1 heterocycles. The summed E-state index contributed by atoms with van der Waals surface area (Å²) in [5.41, 5.74) is 1.35. The SMILES string of the molecule is COc1ccc(C)cc1NC(=O)CSc1nc(=O)ccn1C(C)C. The normalized spacial score (nSPS) is 10.7. The first kappa shape index (κ1) is 18.1. The Morgan fingerprint density at radius 2 is 2.12 bits per heavy atom. The van der Waals surface area contributed by atoms with Gasteiger partial charge >= 0.3 is 0 Å². The maximum absolute atomic E-state index is 12.2. The molecule has 0 unspecified atom stereocenters. The predicted octanol–water partition coefficient (Wildman–Crippen LogP) is 2.87. The number of methoxy groups -OCH3 is 1. The number of anilines is 1. The second kappa shape index (κ2) is 8.01. The minimum atomic E-state index is -0.310. The number of amides is 1. The highest BCUT2D eigenvalue weighted by Gasteiger charge is 2.12. The molecule has 0 radical (unpaired) electrons. The average molecular weight is 347 g/mol. The highest BCUT2D eigenvalue weighted by molar-refractivity contribution is 7.99. The lowest BCUT2D eigenvalue weighted by Crippen LogP contribution is -2.18. The Morgan fingerprint density at radius 1 is 1.38 bits per heavy atom. The summed E-state index contributed by atoms with van der Waals surface area (Å²) in [6, 6.07) is 7.15. The van der Waals surface area contributed by atoms with Gasteiger partial charge in [-0.05, 0) is 38.5 Å². The fourth-order valence-electron chi connectivity index (χ4n) is 2.13. The Kier molecular flexibility index (Phi) is 6.03. The van der Waals surface area contributed by atoms with Crippen LogP contribution in [0.3, 0.4) is 0 Å². The molecule has 1 aromatic heterocycles. The van der Waals surface area contributed by atoms with E-state index >= 15 is 0 Å². The number of nitrogens with one attached hydrogen (secondary N) is 1. The first-order chi connectivity index (χ1) is 11.4. The maximum Gasteiger partial charge on any atom is 0.273 e. The zero-order valence-corrected chi connectivity index (χ0v) is 15.0. The summed E-state index contributed by atoms with van der Waals surface area (Å²) in [6.45, 7) is 5.93. The molecule has 0 spiro atoms. The van der Waals surface area contributed by atoms with Gasteiger partial charge in [0.15, 0.2) is 5.16 Å². The minimum absolute atomic E-state index is 0.153. The number of aryl methyl sites for hydroxylation is 1. The third-order valence-electron chi connectivity index (χ3n) is 3.32. The van der Waals surface area contributed by atoms with Crippen molar-refractivity contribution < 1.29 is 9.53 Å². The Labute approximate surface area is 145 Å². The van der Waals surface area contributed by atoms with E-state index in [0.717, 1.165) is 5.56 Å². The zero-order chi connectivity index (χ0) is 17.7. The van der Waals surface area contributed by atoms with Gasteiger partial charge in [-0.2, -0.15) is 4.98 Å². The molecule has 1 aromatic carbocycles. The molecule has 1 amide bonds. The summed E-state index contributed by atoms with van der Waals surface area (Å²) in [4.78, 5) is 27.7. The van der Waals surface area contributed by atoms with Crippen LogP contribution in [-0.4, -0.2) is 28.3 Å². The van der Waals surface area contributed by atoms with Crippen molar-refractivity contribution in [1.29, 1.82) is 0 Å². The topological polar surface area (TPSA) is 73.2 Å². The van der Waals surface area contributed by atoms with Crippen LogP contribution in [0.15, 0.2) is 40.4 Å². The molecule has 24 heavy (non-hydrogen) atoms. The van der Waals surface area contributed by atoms with Gasteiger partial charge in [-0.3, -0.25) is 9.59 Å². The van der Waals surface area contributed by atoms with Crippen molar-refractivity contribution in [3.05, 3.63) is 46.4 Å². The fraction of sp³-hybridized carbons (Fsp3) is 0.353. The highest BCUT2D eigenvalue weighted by Crippen LogP contribution is 2.26. The van der Waals surface area contributed by atoms with Crippen LogP contribution in [0.2, 0.25) is 0 Å². The zero-order valence-electron chi connectivity index (χ0n) is 14.2. The summed E-state index contributed by atoms with van der Waals surface area (Å²) < 4.78 is 7.12. The van der Waals surface area contributed by atoms with E-state index in [1.807, 2.05) is 43.5 Å². The molecule has 6 nitrogen and oxygen atoms in total. The molecule has 0 saturated carbocycles. The number of carbonyl (C=O) groups is 1. The van der Waals surface area contributed by atoms with Crippen molar-refractivity contribution in [2.75, 3.05) is 18.2 Å². The van der Waals surface area contributed by atoms with Crippen molar-refractivity contribution in [2.45, 2.75) is 32.0 Å². The molecule has 0 fully saturated rings. The second-order valence-corrected chi connectivity index (χ2v) is 6.53. The number of carbonyl (C=O) groups excluding carboxylic acids is 1. The van der Waals surface area contributed by atoms with E-state index in [1.165, 1.54) is 17.8 Å². The van der Waals surface area contributed by atoms with Crippen LogP contribution >= 0.6 is 11.8 Å². The van der Waals surface area contributed by atoms with E-state index in [4.69, 9.17) is 4.74 Å². The number of ether oxygens (including phenoxy) is 1. The van der Waals surface area contributed by atoms with Crippen molar-refractivity contribution in [1.82, 2.24) is 9.55 Å². The number of aromatic nitrogens is 2. The van der Waals surface area contributed by atoms with E-state index in [0.29, 0.717) is 16.6 Å². The van der Waals surface area contributed by atoms with Crippen molar-refractivity contribution in [3.63, 3.8) is 0 Å². The highest BCUT2D eigenvalue weighted by atomic mass is 32.2. The van der Waals surface area contributed by atoms with Crippen molar-refractivity contribution in [2.24, 2.45) is 0 Å². The van der Waals surface area contributed by atoms with Crippen molar-refractivity contribution in [3.8, 4) is 5.75 Å². The summed E-state index contributed by atoms with van der Waals surface area (Å²) in [5, 5.41) is 3.37. The van der Waals surface area contributed by atoms with E-state index in [9.17, 15) is 9.59 Å². The smallest absolute Gasteiger partial charge is 0.273 e. The molecule has 0 bridgehead atoms. The molecule has 0 saturated heterocycles. The number of rotatable bonds is 6. The van der Waals surface area contributed by atoms with Gasteiger partial charge in [0.2, 0.25) is 5.91 Å². The third-order valence-corrected chi connectivity index (χ3v) is 4.29. The van der Waals surface area contributed by atoms with Crippen LogP contribution in [0.5, 0.6) is 5.75 Å². The van der Waals surface area contributed by atoms with Crippen LogP contribution in [0.1, 0.15) is 25.5 Å². The molecule has 2 aromatic rings. The quantitative estimate of drug-likeness (QED) is 0.642. The molecule has 2 rings (SSSR count). The molecule has 128 valence electrons. The minimum Gasteiger partial charge on any atom is -0.495 e. The van der Waals surface area contributed by atoms with E-state index in [2.05, 4.69) is 10.3 Å². The largest absolute Gasteiger partial charge is 0.495 e. The first-order valence-corrected chi connectivity index (χ1v) is 8.55.